The van der Waals surface area contributed by atoms with Crippen molar-refractivity contribution in [2.45, 2.75) is 52.9 Å². The summed E-state index contributed by atoms with van der Waals surface area (Å²) >= 11 is 0. The molecular formula is C14H23NO. The molecule has 2 unspecified atom stereocenters. The van der Waals surface area contributed by atoms with Crippen molar-refractivity contribution in [3.8, 4) is 0 Å². The van der Waals surface area contributed by atoms with Crippen molar-refractivity contribution in [3.05, 3.63) is 11.1 Å². The van der Waals surface area contributed by atoms with Gasteiger partial charge in [-0.25, -0.2) is 0 Å². The highest BCUT2D eigenvalue weighted by atomic mass is 16.4. The molecule has 2 rings (SSSR count). The highest BCUT2D eigenvalue weighted by Gasteiger charge is 2.36. The van der Waals surface area contributed by atoms with E-state index in [0.29, 0.717) is 17.3 Å². The Bertz CT molecular complexity index is 328. The first-order chi connectivity index (χ1) is 7.54. The minimum Gasteiger partial charge on any atom is -0.411 e. The Hall–Kier alpha value is -0.790. The molecule has 0 fully saturated rings. The molecule has 2 atom stereocenters. The zero-order chi connectivity index (χ0) is 11.8. The number of rotatable bonds is 1. The molecule has 16 heavy (non-hydrogen) atoms. The molecule has 90 valence electrons. The summed E-state index contributed by atoms with van der Waals surface area (Å²) < 4.78 is 0. The summed E-state index contributed by atoms with van der Waals surface area (Å²) in [6.45, 7) is 7.01. The number of nitrogens with zero attached hydrogens (tertiary/aromatic N) is 1. The molecule has 2 nitrogen and oxygen atoms in total. The fourth-order valence-electron chi connectivity index (χ4n) is 3.43. The zero-order valence-corrected chi connectivity index (χ0v) is 10.7. The topological polar surface area (TPSA) is 32.6 Å². The first kappa shape index (κ1) is 11.7. The molecule has 0 spiro atoms. The van der Waals surface area contributed by atoms with E-state index in [4.69, 9.17) is 5.21 Å². The van der Waals surface area contributed by atoms with Crippen LogP contribution in [0, 0.1) is 17.3 Å². The second-order valence-corrected chi connectivity index (χ2v) is 6.13. The number of hydrogen-bond donors (Lipinski definition) is 1. The van der Waals surface area contributed by atoms with Gasteiger partial charge in [-0.15, -0.1) is 5.16 Å². The molecule has 0 saturated heterocycles. The lowest BCUT2D eigenvalue weighted by molar-refractivity contribution is 0.284. The van der Waals surface area contributed by atoms with Crippen molar-refractivity contribution in [1.82, 2.24) is 0 Å². The highest BCUT2D eigenvalue weighted by Crippen LogP contribution is 2.48. The normalized spacial score (nSPS) is 34.2. The minimum atomic E-state index is 0.370. The Kier molecular flexibility index (Phi) is 3.09. The van der Waals surface area contributed by atoms with E-state index in [0.717, 1.165) is 6.42 Å². The van der Waals surface area contributed by atoms with Gasteiger partial charge in [0, 0.05) is 12.1 Å². The molecule has 0 bridgehead atoms. The molecule has 2 aliphatic carbocycles. The van der Waals surface area contributed by atoms with E-state index in [-0.39, 0.29) is 0 Å². The van der Waals surface area contributed by atoms with Gasteiger partial charge >= 0.3 is 0 Å². The summed E-state index contributed by atoms with van der Waals surface area (Å²) in [4.78, 5) is 0. The van der Waals surface area contributed by atoms with Crippen LogP contribution in [0.2, 0.25) is 0 Å². The van der Waals surface area contributed by atoms with E-state index >= 15 is 0 Å². The van der Waals surface area contributed by atoms with E-state index < -0.39 is 0 Å². The van der Waals surface area contributed by atoms with Gasteiger partial charge in [-0.05, 0) is 43.4 Å². The summed E-state index contributed by atoms with van der Waals surface area (Å²) in [6, 6.07) is 0. The van der Waals surface area contributed by atoms with E-state index in [1.165, 1.54) is 25.7 Å². The van der Waals surface area contributed by atoms with Crippen LogP contribution in [-0.2, 0) is 0 Å². The van der Waals surface area contributed by atoms with Crippen molar-refractivity contribution in [2.75, 3.05) is 0 Å². The lowest BCUT2D eigenvalue weighted by atomic mass is 9.63. The monoisotopic (exact) mass is 221 g/mol. The second kappa shape index (κ2) is 4.23. The number of allylic oxidation sites excluding steroid dienone is 2. The van der Waals surface area contributed by atoms with Crippen LogP contribution in [0.15, 0.2) is 16.3 Å². The van der Waals surface area contributed by atoms with Gasteiger partial charge in [0.1, 0.15) is 0 Å². The molecule has 1 N–H and O–H groups in total. The summed E-state index contributed by atoms with van der Waals surface area (Å²) in [7, 11) is 0. The fraction of sp³-hybridized carbons (Fsp3) is 0.786. The first-order valence-corrected chi connectivity index (χ1v) is 6.43. The summed E-state index contributed by atoms with van der Waals surface area (Å²) in [6.07, 6.45) is 7.99. The smallest absolute Gasteiger partial charge is 0.0472 e. The molecule has 0 aliphatic heterocycles. The molecule has 0 aromatic carbocycles. The van der Waals surface area contributed by atoms with E-state index in [9.17, 15) is 0 Å². The average Bonchev–Trinajstić information content (AvgIpc) is 2.20. The lowest BCUT2D eigenvalue weighted by Crippen LogP contribution is -2.30. The largest absolute Gasteiger partial charge is 0.411 e. The van der Waals surface area contributed by atoms with Gasteiger partial charge in [0.05, 0.1) is 0 Å². The maximum absolute atomic E-state index is 8.72. The van der Waals surface area contributed by atoms with Crippen LogP contribution >= 0.6 is 0 Å². The summed E-state index contributed by atoms with van der Waals surface area (Å²) in [5.74, 6) is 1.06. The van der Waals surface area contributed by atoms with Gasteiger partial charge in [0.15, 0.2) is 0 Å². The standard InChI is InChI=1S/C14H23NO/c1-10-7-11-5-4-6-14(2,3)13(11)8-12(10)9-15-16/h9-10,12,16H,4-8H2,1-3H3. The van der Waals surface area contributed by atoms with Crippen molar-refractivity contribution in [3.63, 3.8) is 0 Å². The van der Waals surface area contributed by atoms with Crippen LogP contribution in [0.4, 0.5) is 0 Å². The van der Waals surface area contributed by atoms with E-state index in [2.05, 4.69) is 25.9 Å². The molecule has 0 aromatic rings. The van der Waals surface area contributed by atoms with Crippen LogP contribution in [-0.4, -0.2) is 11.4 Å². The van der Waals surface area contributed by atoms with Gasteiger partial charge in [-0.3, -0.25) is 0 Å². The molecule has 0 heterocycles. The Labute approximate surface area is 98.4 Å². The molecule has 2 aliphatic rings. The lowest BCUT2D eigenvalue weighted by Gasteiger charge is -2.42. The van der Waals surface area contributed by atoms with E-state index in [1.54, 1.807) is 17.4 Å². The number of hydrogen-bond acceptors (Lipinski definition) is 2. The summed E-state index contributed by atoms with van der Waals surface area (Å²) in [5, 5.41) is 12.0. The maximum atomic E-state index is 8.72. The molecular weight excluding hydrogens is 198 g/mol. The van der Waals surface area contributed by atoms with Crippen LogP contribution in [0.25, 0.3) is 0 Å². The average molecular weight is 221 g/mol. The van der Waals surface area contributed by atoms with Crippen molar-refractivity contribution >= 4 is 6.21 Å². The van der Waals surface area contributed by atoms with Crippen molar-refractivity contribution < 1.29 is 5.21 Å². The maximum Gasteiger partial charge on any atom is 0.0472 e. The number of oxime groups is 1. The van der Waals surface area contributed by atoms with Crippen LogP contribution in [0.1, 0.15) is 52.9 Å². The third-order valence-corrected chi connectivity index (χ3v) is 4.52. The zero-order valence-electron chi connectivity index (χ0n) is 10.7. The van der Waals surface area contributed by atoms with Gasteiger partial charge < -0.3 is 5.21 Å². The van der Waals surface area contributed by atoms with Gasteiger partial charge in [0.25, 0.3) is 0 Å². The first-order valence-electron chi connectivity index (χ1n) is 6.43. The SMILES string of the molecule is CC1CC2=C(CC1C=NO)C(C)(C)CCC2. The second-order valence-electron chi connectivity index (χ2n) is 6.13. The third-order valence-electron chi connectivity index (χ3n) is 4.52. The van der Waals surface area contributed by atoms with Gasteiger partial charge in [-0.1, -0.05) is 31.9 Å². The Morgan fingerprint density at radius 1 is 1.38 bits per heavy atom. The Morgan fingerprint density at radius 2 is 2.12 bits per heavy atom. The highest BCUT2D eigenvalue weighted by molar-refractivity contribution is 5.62. The predicted molar refractivity (Wildman–Crippen MR) is 66.8 cm³/mol. The molecule has 0 amide bonds. The predicted octanol–water partition coefficient (Wildman–Crippen LogP) is 4.00. The van der Waals surface area contributed by atoms with Crippen LogP contribution in [0.3, 0.4) is 0 Å². The fourth-order valence-corrected chi connectivity index (χ4v) is 3.43. The minimum absolute atomic E-state index is 0.370. The summed E-state index contributed by atoms with van der Waals surface area (Å²) in [5.41, 5.74) is 3.73. The van der Waals surface area contributed by atoms with Crippen LogP contribution in [0.5, 0.6) is 0 Å². The molecule has 0 aromatic heterocycles. The van der Waals surface area contributed by atoms with Crippen LogP contribution < -0.4 is 0 Å². The third kappa shape index (κ3) is 2.02. The quantitative estimate of drug-likeness (QED) is 0.309. The Morgan fingerprint density at radius 3 is 2.81 bits per heavy atom. The molecule has 0 radical (unpaired) electrons. The molecule has 0 saturated carbocycles. The molecule has 2 heteroatoms. The van der Waals surface area contributed by atoms with Crippen molar-refractivity contribution in [2.24, 2.45) is 22.4 Å². The van der Waals surface area contributed by atoms with Crippen molar-refractivity contribution in [1.29, 1.82) is 0 Å². The van der Waals surface area contributed by atoms with E-state index in [1.807, 2.05) is 0 Å². The Balaban J connectivity index is 2.27. The van der Waals surface area contributed by atoms with Gasteiger partial charge in [-0.2, -0.15) is 0 Å². The van der Waals surface area contributed by atoms with Gasteiger partial charge in [0.2, 0.25) is 0 Å².